The third kappa shape index (κ3) is 2.73. The van der Waals surface area contributed by atoms with Crippen molar-refractivity contribution in [2.24, 2.45) is 0 Å². The van der Waals surface area contributed by atoms with Crippen LogP contribution in [0.1, 0.15) is 28.8 Å². The number of hydrogen-bond acceptors (Lipinski definition) is 4. The van der Waals surface area contributed by atoms with Gasteiger partial charge in [-0.1, -0.05) is 13.0 Å². The average Bonchev–Trinajstić information content (AvgIpc) is 2.80. The Morgan fingerprint density at radius 2 is 2.26 bits per heavy atom. The minimum Gasteiger partial charge on any atom is -0.395 e. The lowest BCUT2D eigenvalue weighted by Crippen LogP contribution is -2.27. The normalized spacial score (nSPS) is 10.4. The number of hydrogen-bond donors (Lipinski definition) is 2. The van der Waals surface area contributed by atoms with Crippen LogP contribution in [0, 0.1) is 0 Å². The maximum absolute atomic E-state index is 12.2. The van der Waals surface area contributed by atoms with Crippen LogP contribution in [-0.4, -0.2) is 33.0 Å². The number of rotatable bonds is 4. The van der Waals surface area contributed by atoms with E-state index in [0.29, 0.717) is 12.2 Å². The molecule has 0 aromatic carbocycles. The zero-order chi connectivity index (χ0) is 13.8. The number of nitrogens with zero attached hydrogens (tertiary/aromatic N) is 3. The van der Waals surface area contributed by atoms with Crippen LogP contribution in [-0.2, 0) is 13.0 Å². The molecule has 0 aliphatic heterocycles. The van der Waals surface area contributed by atoms with Gasteiger partial charge in [-0.15, -0.1) is 0 Å². The molecule has 6 heteroatoms. The van der Waals surface area contributed by atoms with Gasteiger partial charge < -0.3 is 10.6 Å². The van der Waals surface area contributed by atoms with Crippen molar-refractivity contribution in [3.63, 3.8) is 0 Å². The number of amides is 1. The summed E-state index contributed by atoms with van der Waals surface area (Å²) in [5.74, 6) is -0.209. The second-order valence-electron chi connectivity index (χ2n) is 4.30. The number of nitrogens with two attached hydrogens (primary N) is 1. The predicted molar refractivity (Wildman–Crippen MR) is 72.4 cm³/mol. The molecule has 0 aliphatic carbocycles. The van der Waals surface area contributed by atoms with Crippen LogP contribution in [0.4, 0.5) is 5.69 Å². The molecule has 2 rings (SSSR count). The standard InChI is InChI=1S/C13H17N5O/c1-3-10-11(14)12(17-16-10)13(19)18(2)8-9-6-4-5-7-15-9/h4-7H,3,8,14H2,1-2H3,(H,16,17). The molecule has 0 radical (unpaired) electrons. The van der Waals surface area contributed by atoms with Crippen LogP contribution in [0.2, 0.25) is 0 Å². The Bertz CT molecular complexity index is 564. The summed E-state index contributed by atoms with van der Waals surface area (Å²) in [6, 6.07) is 5.60. The van der Waals surface area contributed by atoms with Gasteiger partial charge >= 0.3 is 0 Å². The molecule has 6 nitrogen and oxygen atoms in total. The van der Waals surface area contributed by atoms with Crippen molar-refractivity contribution in [3.8, 4) is 0 Å². The smallest absolute Gasteiger partial charge is 0.276 e. The minimum absolute atomic E-state index is 0.209. The van der Waals surface area contributed by atoms with E-state index in [1.54, 1.807) is 18.1 Å². The van der Waals surface area contributed by atoms with Crippen molar-refractivity contribution in [1.82, 2.24) is 20.1 Å². The minimum atomic E-state index is -0.209. The van der Waals surface area contributed by atoms with Crippen molar-refractivity contribution in [2.45, 2.75) is 19.9 Å². The van der Waals surface area contributed by atoms with E-state index in [1.807, 2.05) is 25.1 Å². The lowest BCUT2D eigenvalue weighted by Gasteiger charge is -2.15. The van der Waals surface area contributed by atoms with Crippen LogP contribution < -0.4 is 5.73 Å². The molecule has 0 atom stereocenters. The van der Waals surface area contributed by atoms with Gasteiger partial charge in [-0.05, 0) is 18.6 Å². The molecule has 2 aromatic rings. The Balaban J connectivity index is 2.13. The molecule has 3 N–H and O–H groups in total. The van der Waals surface area contributed by atoms with Gasteiger partial charge in [0.05, 0.1) is 23.6 Å². The number of nitrogens with one attached hydrogen (secondary N) is 1. The van der Waals surface area contributed by atoms with Gasteiger partial charge in [0.15, 0.2) is 5.69 Å². The van der Waals surface area contributed by atoms with E-state index in [0.717, 1.165) is 17.8 Å². The summed E-state index contributed by atoms with van der Waals surface area (Å²) >= 11 is 0. The molecule has 0 fully saturated rings. The molecular weight excluding hydrogens is 242 g/mol. The zero-order valence-corrected chi connectivity index (χ0v) is 11.1. The van der Waals surface area contributed by atoms with Crippen LogP contribution in [0.25, 0.3) is 0 Å². The van der Waals surface area contributed by atoms with Gasteiger partial charge in [0.2, 0.25) is 0 Å². The molecule has 0 aliphatic rings. The Morgan fingerprint density at radius 3 is 2.84 bits per heavy atom. The first-order valence-electron chi connectivity index (χ1n) is 6.11. The summed E-state index contributed by atoms with van der Waals surface area (Å²) in [5.41, 5.74) is 8.20. The maximum atomic E-state index is 12.2. The van der Waals surface area contributed by atoms with E-state index in [4.69, 9.17) is 5.73 Å². The van der Waals surface area contributed by atoms with Crippen LogP contribution in [0.3, 0.4) is 0 Å². The van der Waals surface area contributed by atoms with Crippen LogP contribution >= 0.6 is 0 Å². The molecule has 0 bridgehead atoms. The number of pyridine rings is 1. The summed E-state index contributed by atoms with van der Waals surface area (Å²) in [6.07, 6.45) is 2.42. The fraction of sp³-hybridized carbons (Fsp3) is 0.308. The number of aryl methyl sites for hydroxylation is 1. The highest BCUT2D eigenvalue weighted by Gasteiger charge is 2.20. The third-order valence-electron chi connectivity index (χ3n) is 2.91. The molecule has 2 heterocycles. The van der Waals surface area contributed by atoms with Gasteiger partial charge in [0, 0.05) is 13.2 Å². The highest BCUT2D eigenvalue weighted by molar-refractivity contribution is 5.97. The van der Waals surface area contributed by atoms with Gasteiger partial charge in [-0.25, -0.2) is 0 Å². The van der Waals surface area contributed by atoms with E-state index in [1.165, 1.54) is 0 Å². The number of aromatic nitrogens is 3. The SMILES string of the molecule is CCc1[nH]nc(C(=O)N(C)Cc2ccccn2)c1N. The Hall–Kier alpha value is -2.37. The second kappa shape index (κ2) is 5.51. The number of anilines is 1. The first kappa shape index (κ1) is 13.1. The Morgan fingerprint density at radius 1 is 1.47 bits per heavy atom. The van der Waals surface area contributed by atoms with Crippen LogP contribution in [0.5, 0.6) is 0 Å². The molecular formula is C13H17N5O. The highest BCUT2D eigenvalue weighted by atomic mass is 16.2. The van der Waals surface area contributed by atoms with Crippen molar-refractivity contribution >= 4 is 11.6 Å². The largest absolute Gasteiger partial charge is 0.395 e. The summed E-state index contributed by atoms with van der Waals surface area (Å²) in [4.78, 5) is 18.0. The lowest BCUT2D eigenvalue weighted by atomic mass is 10.2. The van der Waals surface area contributed by atoms with Gasteiger partial charge in [0.25, 0.3) is 5.91 Å². The van der Waals surface area contributed by atoms with E-state index in [9.17, 15) is 4.79 Å². The molecule has 2 aromatic heterocycles. The third-order valence-corrected chi connectivity index (χ3v) is 2.91. The van der Waals surface area contributed by atoms with Gasteiger partial charge in [-0.2, -0.15) is 5.10 Å². The fourth-order valence-electron chi connectivity index (χ4n) is 1.81. The number of aromatic amines is 1. The molecule has 0 saturated carbocycles. The molecule has 0 saturated heterocycles. The topological polar surface area (TPSA) is 87.9 Å². The van der Waals surface area contributed by atoms with Gasteiger partial charge in [-0.3, -0.25) is 14.9 Å². The number of carbonyl (C=O) groups excluding carboxylic acids is 1. The van der Waals surface area contributed by atoms with Gasteiger partial charge in [0.1, 0.15) is 0 Å². The van der Waals surface area contributed by atoms with E-state index in [2.05, 4.69) is 15.2 Å². The Kier molecular flexibility index (Phi) is 3.79. The maximum Gasteiger partial charge on any atom is 0.276 e. The second-order valence-corrected chi connectivity index (χ2v) is 4.30. The van der Waals surface area contributed by atoms with Crippen molar-refractivity contribution in [1.29, 1.82) is 0 Å². The quantitative estimate of drug-likeness (QED) is 0.864. The summed E-state index contributed by atoms with van der Waals surface area (Å²) in [5, 5.41) is 6.77. The number of carbonyl (C=O) groups is 1. The number of H-pyrrole nitrogens is 1. The van der Waals surface area contributed by atoms with Crippen molar-refractivity contribution in [3.05, 3.63) is 41.5 Å². The van der Waals surface area contributed by atoms with E-state index >= 15 is 0 Å². The number of nitrogen functional groups attached to an aromatic ring is 1. The van der Waals surface area contributed by atoms with E-state index < -0.39 is 0 Å². The average molecular weight is 259 g/mol. The van der Waals surface area contributed by atoms with E-state index in [-0.39, 0.29) is 11.6 Å². The zero-order valence-electron chi connectivity index (χ0n) is 11.1. The fourth-order valence-corrected chi connectivity index (χ4v) is 1.81. The summed E-state index contributed by atoms with van der Waals surface area (Å²) < 4.78 is 0. The van der Waals surface area contributed by atoms with Crippen molar-refractivity contribution < 1.29 is 4.79 Å². The monoisotopic (exact) mass is 259 g/mol. The lowest BCUT2D eigenvalue weighted by molar-refractivity contribution is 0.0778. The first-order chi connectivity index (χ1) is 9.13. The molecule has 0 spiro atoms. The van der Waals surface area contributed by atoms with Crippen molar-refractivity contribution in [2.75, 3.05) is 12.8 Å². The molecule has 100 valence electrons. The predicted octanol–water partition coefficient (Wildman–Crippen LogP) is 1.22. The molecule has 1 amide bonds. The Labute approximate surface area is 111 Å². The molecule has 0 unspecified atom stereocenters. The summed E-state index contributed by atoms with van der Waals surface area (Å²) in [7, 11) is 1.71. The summed E-state index contributed by atoms with van der Waals surface area (Å²) in [6.45, 7) is 2.38. The molecule has 19 heavy (non-hydrogen) atoms. The van der Waals surface area contributed by atoms with Crippen LogP contribution in [0.15, 0.2) is 24.4 Å². The highest BCUT2D eigenvalue weighted by Crippen LogP contribution is 2.16. The first-order valence-corrected chi connectivity index (χ1v) is 6.11.